The third kappa shape index (κ3) is 5.74. The Morgan fingerprint density at radius 1 is 0.903 bits per heavy atom. The van der Waals surface area contributed by atoms with E-state index in [1.54, 1.807) is 18.2 Å². The highest BCUT2D eigenvalue weighted by Gasteiger charge is 2.27. The number of piperidine rings is 1. The summed E-state index contributed by atoms with van der Waals surface area (Å²) in [5, 5.41) is 9.90. The maximum Gasteiger partial charge on any atom is 0.317 e. The SMILES string of the molecule is O=C(OCC1CCN(Cc2ccccc2)CC1)C(c1ccccc1)c1cccc(O)c1. The number of hydrogen-bond donors (Lipinski definition) is 1. The molecule has 3 aromatic carbocycles. The van der Waals surface area contributed by atoms with Gasteiger partial charge >= 0.3 is 5.97 Å². The van der Waals surface area contributed by atoms with Crippen LogP contribution in [0.3, 0.4) is 0 Å². The fourth-order valence-corrected chi connectivity index (χ4v) is 4.25. The largest absolute Gasteiger partial charge is 0.508 e. The second-order valence-corrected chi connectivity index (χ2v) is 8.27. The van der Waals surface area contributed by atoms with E-state index in [4.69, 9.17) is 4.74 Å². The van der Waals surface area contributed by atoms with Crippen molar-refractivity contribution >= 4 is 5.97 Å². The number of phenols is 1. The Morgan fingerprint density at radius 3 is 2.23 bits per heavy atom. The zero-order valence-corrected chi connectivity index (χ0v) is 17.7. The van der Waals surface area contributed by atoms with Crippen LogP contribution >= 0.6 is 0 Å². The monoisotopic (exact) mass is 415 g/mol. The Labute approximate surface area is 184 Å². The molecule has 31 heavy (non-hydrogen) atoms. The van der Waals surface area contributed by atoms with Gasteiger partial charge in [-0.05, 0) is 60.7 Å². The molecule has 1 atom stereocenters. The molecule has 0 aliphatic carbocycles. The fraction of sp³-hybridized carbons (Fsp3) is 0.296. The van der Waals surface area contributed by atoms with E-state index < -0.39 is 5.92 Å². The smallest absolute Gasteiger partial charge is 0.317 e. The van der Waals surface area contributed by atoms with Gasteiger partial charge in [-0.15, -0.1) is 0 Å². The van der Waals surface area contributed by atoms with Gasteiger partial charge < -0.3 is 9.84 Å². The number of nitrogens with zero attached hydrogens (tertiary/aromatic N) is 1. The van der Waals surface area contributed by atoms with Crippen molar-refractivity contribution in [3.8, 4) is 5.75 Å². The molecule has 0 spiro atoms. The summed E-state index contributed by atoms with van der Waals surface area (Å²) in [5.74, 6) is -0.261. The lowest BCUT2D eigenvalue weighted by molar-refractivity contribution is -0.146. The zero-order valence-electron chi connectivity index (χ0n) is 17.7. The standard InChI is InChI=1S/C27H29NO3/c29-25-13-7-12-24(18-25)26(23-10-5-2-6-11-23)27(30)31-20-22-14-16-28(17-15-22)19-21-8-3-1-4-9-21/h1-13,18,22,26,29H,14-17,19-20H2. The van der Waals surface area contributed by atoms with Crippen LogP contribution in [0.5, 0.6) is 5.75 Å². The number of hydrogen-bond acceptors (Lipinski definition) is 4. The molecule has 1 aliphatic heterocycles. The minimum absolute atomic E-state index is 0.150. The van der Waals surface area contributed by atoms with E-state index in [0.717, 1.165) is 43.6 Å². The third-order valence-corrected chi connectivity index (χ3v) is 5.99. The van der Waals surface area contributed by atoms with E-state index in [2.05, 4.69) is 29.2 Å². The second-order valence-electron chi connectivity index (χ2n) is 8.27. The van der Waals surface area contributed by atoms with Crippen molar-refractivity contribution in [1.82, 2.24) is 4.90 Å². The molecule has 0 bridgehead atoms. The topological polar surface area (TPSA) is 49.8 Å². The Kier molecular flexibility index (Phi) is 7.00. The quantitative estimate of drug-likeness (QED) is 0.553. The van der Waals surface area contributed by atoms with Gasteiger partial charge in [0.15, 0.2) is 0 Å². The number of rotatable bonds is 7. The molecule has 3 aromatic rings. The lowest BCUT2D eigenvalue weighted by Crippen LogP contribution is -2.35. The molecular formula is C27H29NO3. The van der Waals surface area contributed by atoms with Gasteiger partial charge in [0.1, 0.15) is 11.7 Å². The van der Waals surface area contributed by atoms with Crippen LogP contribution in [0.25, 0.3) is 0 Å². The summed E-state index contributed by atoms with van der Waals surface area (Å²) in [7, 11) is 0. The molecule has 0 radical (unpaired) electrons. The summed E-state index contributed by atoms with van der Waals surface area (Å²) in [5.41, 5.74) is 2.95. The van der Waals surface area contributed by atoms with Crippen molar-refractivity contribution in [2.45, 2.75) is 25.3 Å². The van der Waals surface area contributed by atoms with E-state index in [9.17, 15) is 9.90 Å². The molecular weight excluding hydrogens is 386 g/mol. The molecule has 4 rings (SSSR count). The molecule has 1 aliphatic rings. The highest BCUT2D eigenvalue weighted by molar-refractivity contribution is 5.82. The molecule has 0 saturated carbocycles. The molecule has 1 heterocycles. The van der Waals surface area contributed by atoms with Gasteiger partial charge in [-0.2, -0.15) is 0 Å². The van der Waals surface area contributed by atoms with Crippen LogP contribution in [0.4, 0.5) is 0 Å². The zero-order chi connectivity index (χ0) is 21.5. The Bertz CT molecular complexity index is 966. The van der Waals surface area contributed by atoms with Crippen molar-refractivity contribution in [3.05, 3.63) is 102 Å². The van der Waals surface area contributed by atoms with Gasteiger partial charge in [0.2, 0.25) is 0 Å². The van der Waals surface area contributed by atoms with Crippen LogP contribution in [0.1, 0.15) is 35.4 Å². The Hall–Kier alpha value is -3.11. The predicted molar refractivity (Wildman–Crippen MR) is 122 cm³/mol. The van der Waals surface area contributed by atoms with Crippen LogP contribution in [0, 0.1) is 5.92 Å². The lowest BCUT2D eigenvalue weighted by Gasteiger charge is -2.32. The number of phenolic OH excluding ortho intramolecular Hbond substituents is 1. The molecule has 0 aromatic heterocycles. The molecule has 1 fully saturated rings. The van der Waals surface area contributed by atoms with E-state index in [0.29, 0.717) is 12.5 Å². The van der Waals surface area contributed by atoms with Gasteiger partial charge in [0, 0.05) is 6.54 Å². The van der Waals surface area contributed by atoms with E-state index in [1.807, 2.05) is 42.5 Å². The van der Waals surface area contributed by atoms with Gasteiger partial charge in [-0.25, -0.2) is 0 Å². The highest BCUT2D eigenvalue weighted by atomic mass is 16.5. The first kappa shape index (κ1) is 21.1. The van der Waals surface area contributed by atoms with Gasteiger partial charge in [0.25, 0.3) is 0 Å². The minimum Gasteiger partial charge on any atom is -0.508 e. The van der Waals surface area contributed by atoms with Crippen molar-refractivity contribution in [2.75, 3.05) is 19.7 Å². The van der Waals surface area contributed by atoms with Gasteiger partial charge in [0.05, 0.1) is 6.61 Å². The Morgan fingerprint density at radius 2 is 1.55 bits per heavy atom. The number of aromatic hydroxyl groups is 1. The van der Waals surface area contributed by atoms with E-state index in [-0.39, 0.29) is 11.7 Å². The number of ether oxygens (including phenoxy) is 1. The maximum absolute atomic E-state index is 13.1. The van der Waals surface area contributed by atoms with Gasteiger partial charge in [-0.1, -0.05) is 72.8 Å². The molecule has 4 nitrogen and oxygen atoms in total. The molecule has 1 N–H and O–H groups in total. The summed E-state index contributed by atoms with van der Waals surface area (Å²) < 4.78 is 5.81. The summed E-state index contributed by atoms with van der Waals surface area (Å²) >= 11 is 0. The number of carbonyl (C=O) groups is 1. The second kappa shape index (κ2) is 10.3. The molecule has 1 saturated heterocycles. The number of carbonyl (C=O) groups excluding carboxylic acids is 1. The van der Waals surface area contributed by atoms with Crippen molar-refractivity contribution in [3.63, 3.8) is 0 Å². The summed E-state index contributed by atoms with van der Waals surface area (Å²) in [6.07, 6.45) is 2.06. The number of esters is 1. The minimum atomic E-state index is -0.536. The van der Waals surface area contributed by atoms with Crippen LogP contribution in [0.2, 0.25) is 0 Å². The van der Waals surface area contributed by atoms with Crippen molar-refractivity contribution in [2.24, 2.45) is 5.92 Å². The van der Waals surface area contributed by atoms with E-state index in [1.165, 1.54) is 5.56 Å². The molecule has 1 unspecified atom stereocenters. The number of benzene rings is 3. The average Bonchev–Trinajstić information content (AvgIpc) is 2.80. The Balaban J connectivity index is 1.34. The first-order valence-corrected chi connectivity index (χ1v) is 11.0. The van der Waals surface area contributed by atoms with Crippen molar-refractivity contribution < 1.29 is 14.6 Å². The van der Waals surface area contributed by atoms with Crippen molar-refractivity contribution in [1.29, 1.82) is 0 Å². The summed E-state index contributed by atoms with van der Waals surface area (Å²) in [4.78, 5) is 15.6. The van der Waals surface area contributed by atoms with Crippen LogP contribution in [-0.2, 0) is 16.1 Å². The van der Waals surface area contributed by atoms with Crippen LogP contribution in [-0.4, -0.2) is 35.7 Å². The van der Waals surface area contributed by atoms with Gasteiger partial charge in [-0.3, -0.25) is 9.69 Å². The van der Waals surface area contributed by atoms with Crippen LogP contribution < -0.4 is 0 Å². The average molecular weight is 416 g/mol. The predicted octanol–water partition coefficient (Wildman–Crippen LogP) is 4.98. The first-order chi connectivity index (χ1) is 15.2. The first-order valence-electron chi connectivity index (χ1n) is 11.0. The van der Waals surface area contributed by atoms with E-state index >= 15 is 0 Å². The normalized spacial score (nSPS) is 16.0. The van der Waals surface area contributed by atoms with Crippen LogP contribution in [0.15, 0.2) is 84.9 Å². The summed E-state index contributed by atoms with van der Waals surface area (Å²) in [6, 6.07) is 27.0. The fourth-order valence-electron chi connectivity index (χ4n) is 4.25. The summed E-state index contributed by atoms with van der Waals surface area (Å²) in [6.45, 7) is 3.46. The maximum atomic E-state index is 13.1. The molecule has 0 amide bonds. The number of likely N-dealkylation sites (tertiary alicyclic amines) is 1. The lowest BCUT2D eigenvalue weighted by atomic mass is 9.91. The molecule has 4 heteroatoms. The highest BCUT2D eigenvalue weighted by Crippen LogP contribution is 2.29. The molecule has 160 valence electrons. The third-order valence-electron chi connectivity index (χ3n) is 5.99.